The molecule has 2 aromatic heterocycles. The molecule has 0 unspecified atom stereocenters. The summed E-state index contributed by atoms with van der Waals surface area (Å²) in [6.45, 7) is 0. The first-order chi connectivity index (χ1) is 12.4. The van der Waals surface area contributed by atoms with E-state index in [4.69, 9.17) is 9.72 Å². The van der Waals surface area contributed by atoms with Gasteiger partial charge in [-0.2, -0.15) is 0 Å². The first-order valence-corrected chi connectivity index (χ1v) is 8.06. The van der Waals surface area contributed by atoms with E-state index in [1.807, 2.05) is 54.6 Å². The normalized spacial score (nSPS) is 10.6. The number of aromatic amines is 1. The van der Waals surface area contributed by atoms with Gasteiger partial charge >= 0.3 is 0 Å². The lowest BCUT2D eigenvalue weighted by molar-refractivity contribution is 0.416. The maximum absolute atomic E-state index is 5.49. The van der Waals surface area contributed by atoms with E-state index in [0.29, 0.717) is 0 Å². The second-order valence-electron chi connectivity index (χ2n) is 5.61. The molecular formula is C21H17N3O. The molecule has 0 radical (unpaired) electrons. The zero-order valence-electron chi connectivity index (χ0n) is 13.8. The summed E-state index contributed by atoms with van der Waals surface area (Å²) in [7, 11) is 1.67. The van der Waals surface area contributed by atoms with Crippen molar-refractivity contribution in [3.05, 3.63) is 79.1 Å². The van der Waals surface area contributed by atoms with Gasteiger partial charge < -0.3 is 9.72 Å². The van der Waals surface area contributed by atoms with Gasteiger partial charge in [-0.25, -0.2) is 4.98 Å². The first-order valence-electron chi connectivity index (χ1n) is 8.06. The molecule has 0 aliphatic carbocycles. The van der Waals surface area contributed by atoms with E-state index in [9.17, 15) is 0 Å². The van der Waals surface area contributed by atoms with Crippen molar-refractivity contribution in [2.24, 2.45) is 0 Å². The number of hydrogen-bond donors (Lipinski definition) is 1. The quantitative estimate of drug-likeness (QED) is 0.585. The average Bonchev–Trinajstić information content (AvgIpc) is 3.14. The molecule has 25 heavy (non-hydrogen) atoms. The fraction of sp³-hybridized carbons (Fsp3) is 0.0476. The number of imidazole rings is 1. The van der Waals surface area contributed by atoms with Gasteiger partial charge in [-0.05, 0) is 24.3 Å². The smallest absolute Gasteiger partial charge is 0.142 e. The lowest BCUT2D eigenvalue weighted by Crippen LogP contribution is -1.88. The fourth-order valence-corrected chi connectivity index (χ4v) is 2.87. The molecular weight excluding hydrogens is 310 g/mol. The van der Waals surface area contributed by atoms with Crippen LogP contribution in [0, 0.1) is 0 Å². The summed E-state index contributed by atoms with van der Waals surface area (Å²) >= 11 is 0. The summed E-state index contributed by atoms with van der Waals surface area (Å²) in [5, 5.41) is 0. The van der Waals surface area contributed by atoms with Crippen molar-refractivity contribution in [2.45, 2.75) is 0 Å². The van der Waals surface area contributed by atoms with Gasteiger partial charge in [0.25, 0.3) is 0 Å². The average molecular weight is 327 g/mol. The van der Waals surface area contributed by atoms with Crippen LogP contribution in [-0.2, 0) is 0 Å². The highest BCUT2D eigenvalue weighted by Crippen LogP contribution is 2.35. The molecule has 0 atom stereocenters. The Hall–Kier alpha value is -3.40. The summed E-state index contributed by atoms with van der Waals surface area (Å²) in [5.41, 5.74) is 4.92. The lowest BCUT2D eigenvalue weighted by atomic mass is 10.1. The Morgan fingerprint density at radius 1 is 0.800 bits per heavy atom. The molecule has 0 aliphatic heterocycles. The van der Waals surface area contributed by atoms with Gasteiger partial charge in [0, 0.05) is 23.5 Å². The molecule has 122 valence electrons. The Bertz CT molecular complexity index is 921. The van der Waals surface area contributed by atoms with Crippen LogP contribution in [0.15, 0.2) is 79.1 Å². The van der Waals surface area contributed by atoms with Crippen LogP contribution in [0.3, 0.4) is 0 Å². The monoisotopic (exact) mass is 327 g/mol. The van der Waals surface area contributed by atoms with Crippen LogP contribution in [-0.4, -0.2) is 22.1 Å². The van der Waals surface area contributed by atoms with Crippen LogP contribution in [0.4, 0.5) is 0 Å². The highest BCUT2D eigenvalue weighted by molar-refractivity contribution is 5.81. The minimum absolute atomic E-state index is 0.781. The van der Waals surface area contributed by atoms with E-state index >= 15 is 0 Å². The largest absolute Gasteiger partial charge is 0.496 e. The number of methoxy groups -OCH3 is 1. The Balaban J connectivity index is 1.93. The van der Waals surface area contributed by atoms with Crippen LogP contribution in [0.5, 0.6) is 5.75 Å². The van der Waals surface area contributed by atoms with E-state index in [2.05, 4.69) is 22.1 Å². The minimum Gasteiger partial charge on any atom is -0.496 e. The predicted octanol–water partition coefficient (Wildman–Crippen LogP) is 4.81. The number of rotatable bonds is 4. The zero-order valence-corrected chi connectivity index (χ0v) is 13.8. The van der Waals surface area contributed by atoms with Crippen molar-refractivity contribution < 1.29 is 4.74 Å². The Kier molecular flexibility index (Phi) is 4.01. The molecule has 4 aromatic rings. The Morgan fingerprint density at radius 3 is 2.28 bits per heavy atom. The second kappa shape index (κ2) is 6.61. The molecule has 1 N–H and O–H groups in total. The number of nitrogens with zero attached hydrogens (tertiary/aromatic N) is 2. The molecule has 0 spiro atoms. The van der Waals surface area contributed by atoms with Crippen LogP contribution in [0.25, 0.3) is 33.9 Å². The van der Waals surface area contributed by atoms with Crippen molar-refractivity contribution in [2.75, 3.05) is 7.11 Å². The highest BCUT2D eigenvalue weighted by Gasteiger charge is 2.16. The standard InChI is InChI=1S/C21H17N3O/c1-25-18-10-6-5-9-17(18)21-23-19(15-7-3-2-4-8-15)20(24-21)16-11-13-22-14-12-16/h2-14H,1H3,(H,23,24). The summed E-state index contributed by atoms with van der Waals surface area (Å²) in [6, 6.07) is 22.0. The molecule has 0 saturated carbocycles. The van der Waals surface area contributed by atoms with Crippen molar-refractivity contribution >= 4 is 0 Å². The highest BCUT2D eigenvalue weighted by atomic mass is 16.5. The van der Waals surface area contributed by atoms with E-state index in [1.54, 1.807) is 19.5 Å². The van der Waals surface area contributed by atoms with Crippen molar-refractivity contribution in [1.82, 2.24) is 15.0 Å². The molecule has 0 saturated heterocycles. The first kappa shape index (κ1) is 15.1. The second-order valence-corrected chi connectivity index (χ2v) is 5.61. The van der Waals surface area contributed by atoms with Gasteiger partial charge in [-0.1, -0.05) is 42.5 Å². The molecule has 4 nitrogen and oxygen atoms in total. The van der Waals surface area contributed by atoms with Crippen molar-refractivity contribution in [3.63, 3.8) is 0 Å². The van der Waals surface area contributed by atoms with Crippen LogP contribution >= 0.6 is 0 Å². The van der Waals surface area contributed by atoms with Gasteiger partial charge in [-0.15, -0.1) is 0 Å². The third kappa shape index (κ3) is 2.90. The van der Waals surface area contributed by atoms with Crippen LogP contribution < -0.4 is 4.74 Å². The van der Waals surface area contributed by atoms with Crippen molar-refractivity contribution in [3.8, 4) is 39.7 Å². The molecule has 2 aromatic carbocycles. The lowest BCUT2D eigenvalue weighted by Gasteiger charge is -2.04. The minimum atomic E-state index is 0.781. The van der Waals surface area contributed by atoms with E-state index < -0.39 is 0 Å². The predicted molar refractivity (Wildman–Crippen MR) is 99.2 cm³/mol. The summed E-state index contributed by atoms with van der Waals surface area (Å²) in [5.74, 6) is 1.57. The van der Waals surface area contributed by atoms with E-state index in [-0.39, 0.29) is 0 Å². The van der Waals surface area contributed by atoms with Crippen molar-refractivity contribution in [1.29, 1.82) is 0 Å². The van der Waals surface area contributed by atoms with Gasteiger partial charge in [0.05, 0.1) is 24.1 Å². The van der Waals surface area contributed by atoms with Gasteiger partial charge in [0.1, 0.15) is 11.6 Å². The summed E-state index contributed by atoms with van der Waals surface area (Å²) in [6.07, 6.45) is 3.57. The molecule has 4 rings (SSSR count). The maximum Gasteiger partial charge on any atom is 0.142 e. The summed E-state index contributed by atoms with van der Waals surface area (Å²) < 4.78 is 5.49. The third-order valence-corrected chi connectivity index (χ3v) is 4.08. The molecule has 0 aliphatic rings. The summed E-state index contributed by atoms with van der Waals surface area (Å²) in [4.78, 5) is 12.5. The molecule has 0 bridgehead atoms. The molecule has 0 fully saturated rings. The number of H-pyrrole nitrogens is 1. The number of para-hydroxylation sites is 1. The van der Waals surface area contributed by atoms with Gasteiger partial charge in [0.15, 0.2) is 0 Å². The number of ether oxygens (including phenoxy) is 1. The number of nitrogens with one attached hydrogen (secondary N) is 1. The van der Waals surface area contributed by atoms with Crippen LogP contribution in [0.1, 0.15) is 0 Å². The number of aromatic nitrogens is 3. The van der Waals surface area contributed by atoms with Gasteiger partial charge in [0.2, 0.25) is 0 Å². The number of benzene rings is 2. The third-order valence-electron chi connectivity index (χ3n) is 4.08. The number of pyridine rings is 1. The van der Waals surface area contributed by atoms with Gasteiger partial charge in [-0.3, -0.25) is 4.98 Å². The molecule has 4 heteroatoms. The van der Waals surface area contributed by atoms with Crippen LogP contribution in [0.2, 0.25) is 0 Å². The topological polar surface area (TPSA) is 50.8 Å². The number of hydrogen-bond acceptors (Lipinski definition) is 3. The molecule has 0 amide bonds. The zero-order chi connectivity index (χ0) is 17.1. The fourth-order valence-electron chi connectivity index (χ4n) is 2.87. The SMILES string of the molecule is COc1ccccc1-c1nc(-c2ccccc2)c(-c2ccncc2)[nH]1. The Labute approximate surface area is 146 Å². The Morgan fingerprint density at radius 2 is 1.52 bits per heavy atom. The molecule has 2 heterocycles. The van der Waals surface area contributed by atoms with E-state index in [1.165, 1.54) is 0 Å². The van der Waals surface area contributed by atoms with E-state index in [0.717, 1.165) is 39.7 Å². The maximum atomic E-state index is 5.49.